The molecule has 184 valence electrons. The Hall–Kier alpha value is -4.88. The van der Waals surface area contributed by atoms with E-state index in [9.17, 15) is 8.22 Å². The van der Waals surface area contributed by atoms with Crippen LogP contribution in [0.5, 0.6) is 0 Å². The van der Waals surface area contributed by atoms with Crippen LogP contribution in [0.1, 0.15) is 41.3 Å². The summed E-state index contributed by atoms with van der Waals surface area (Å²) in [7, 11) is 0. The van der Waals surface area contributed by atoms with E-state index in [1.165, 1.54) is 0 Å². The predicted molar refractivity (Wildman–Crippen MR) is 167 cm³/mol. The molecule has 0 aliphatic rings. The van der Waals surface area contributed by atoms with Gasteiger partial charge in [0.15, 0.2) is 0 Å². The van der Waals surface area contributed by atoms with E-state index in [0.29, 0.717) is 0 Å². The van der Waals surface area contributed by atoms with Gasteiger partial charge in [-0.25, -0.2) is 0 Å². The van der Waals surface area contributed by atoms with Crippen LogP contribution in [0.4, 0.5) is 0 Å². The van der Waals surface area contributed by atoms with Gasteiger partial charge in [0.2, 0.25) is 0 Å². The lowest BCUT2D eigenvalue weighted by atomic mass is 9.83. The maximum Gasteiger partial charge on any atom is 0.143 e. The van der Waals surface area contributed by atoms with Gasteiger partial charge in [-0.2, -0.15) is 0 Å². The van der Waals surface area contributed by atoms with Crippen LogP contribution in [0.25, 0.3) is 76.5 Å². The van der Waals surface area contributed by atoms with Crippen LogP contribution in [-0.2, 0) is 0 Å². The largest absolute Gasteiger partial charge is 0.455 e. The lowest BCUT2D eigenvalue weighted by molar-refractivity contribution is 0.673. The van der Waals surface area contributed by atoms with Gasteiger partial charge in [0.05, 0.1) is 27.4 Å². The molecule has 0 amide bonds. The minimum Gasteiger partial charge on any atom is -0.455 e. The number of fused-ring (bicyclic) bond motifs is 7. The molecule has 8 rings (SSSR count). The van der Waals surface area contributed by atoms with Gasteiger partial charge in [0, 0.05) is 18.9 Å². The molecule has 0 saturated heterocycles. The third kappa shape index (κ3) is 3.14. The molecular formula is C38H26O. The Morgan fingerprint density at radius 3 is 1.82 bits per heavy atom. The van der Waals surface area contributed by atoms with E-state index in [1.54, 1.807) is 0 Å². The van der Waals surface area contributed by atoms with Crippen molar-refractivity contribution in [3.05, 3.63) is 132 Å². The van der Waals surface area contributed by atoms with E-state index in [0.717, 1.165) is 0 Å². The molecule has 1 heterocycles. The number of hydrogen-bond donors (Lipinski definition) is 0. The Balaban J connectivity index is 1.81. The van der Waals surface area contributed by atoms with Gasteiger partial charge in [-0.1, -0.05) is 109 Å². The highest BCUT2D eigenvalue weighted by atomic mass is 16.3. The number of furan rings is 1. The zero-order chi connectivity index (χ0) is 44.9. The van der Waals surface area contributed by atoms with Gasteiger partial charge < -0.3 is 4.42 Å². The fourth-order valence-electron chi connectivity index (χ4n) is 4.96. The molecule has 0 unspecified atom stereocenters. The van der Waals surface area contributed by atoms with Crippen molar-refractivity contribution in [2.45, 2.75) is 13.8 Å². The van der Waals surface area contributed by atoms with Gasteiger partial charge in [0.1, 0.15) is 11.2 Å². The minimum absolute atomic E-state index is 0.192. The molecule has 1 nitrogen and oxygen atoms in total. The molecule has 0 N–H and O–H groups in total. The minimum atomic E-state index is -0.883. The second kappa shape index (κ2) is 8.31. The number of hydrogen-bond acceptors (Lipinski definition) is 1. The molecule has 7 aromatic carbocycles. The molecule has 0 atom stereocenters. The monoisotopic (exact) mass is 520 g/mol. The van der Waals surface area contributed by atoms with Gasteiger partial charge >= 0.3 is 0 Å². The standard InChI is InChI=1S/C38H26O/c1-23-11-9-18-26(24(23)2)35-28-14-5-7-16-30(28)36(31-17-8-6-15-29(31)35)32-19-10-20-34-37(32)33-22-21-25-12-3-4-13-27(25)38(33)39-34/h3-22H,1-2H3/i1D,2D,3D,4D,5D,6D,7D,8D,9D,10D,11D,12D,13D,14D,15D,16D,17D,18D,19D,20D,21D,22D. The summed E-state index contributed by atoms with van der Waals surface area (Å²) in [5.74, 6) is 0. The first-order valence-electron chi connectivity index (χ1n) is 23.0. The first kappa shape index (κ1) is 9.39. The van der Waals surface area contributed by atoms with Crippen LogP contribution in [0.3, 0.4) is 0 Å². The van der Waals surface area contributed by atoms with Crippen molar-refractivity contribution in [3.63, 3.8) is 0 Å². The average molecular weight is 521 g/mol. The average Bonchev–Trinajstić information content (AvgIpc) is 3.63. The summed E-state index contributed by atoms with van der Waals surface area (Å²) in [6.45, 7) is -1.42. The Bertz CT molecular complexity index is 3310. The van der Waals surface area contributed by atoms with Crippen LogP contribution in [0.2, 0.25) is 0 Å². The summed E-state index contributed by atoms with van der Waals surface area (Å²) < 4.78 is 201. The van der Waals surface area contributed by atoms with Crippen molar-refractivity contribution < 1.29 is 34.6 Å². The smallest absolute Gasteiger partial charge is 0.143 e. The fourth-order valence-corrected chi connectivity index (χ4v) is 4.96. The Morgan fingerprint density at radius 1 is 0.513 bits per heavy atom. The number of benzene rings is 7. The number of rotatable bonds is 2. The Kier molecular flexibility index (Phi) is 2.00. The van der Waals surface area contributed by atoms with Crippen LogP contribution in [0.15, 0.2) is 125 Å². The van der Waals surface area contributed by atoms with Crippen molar-refractivity contribution >= 4 is 54.3 Å². The van der Waals surface area contributed by atoms with Gasteiger partial charge in [-0.15, -0.1) is 0 Å². The summed E-state index contributed by atoms with van der Waals surface area (Å²) in [4.78, 5) is 0. The summed E-state index contributed by atoms with van der Waals surface area (Å²) in [6.07, 6.45) is 0. The lowest BCUT2D eigenvalue weighted by Gasteiger charge is -2.19. The highest BCUT2D eigenvalue weighted by Crippen LogP contribution is 2.47. The molecule has 1 heteroatoms. The van der Waals surface area contributed by atoms with Crippen LogP contribution >= 0.6 is 0 Å². The molecule has 8 aromatic rings. The maximum absolute atomic E-state index is 9.42. The van der Waals surface area contributed by atoms with Crippen LogP contribution in [-0.4, -0.2) is 0 Å². The van der Waals surface area contributed by atoms with Gasteiger partial charge in [-0.3, -0.25) is 0 Å². The third-order valence-corrected chi connectivity index (χ3v) is 6.69. The second-order valence-electron chi connectivity index (χ2n) is 8.72. The van der Waals surface area contributed by atoms with Gasteiger partial charge in [0.25, 0.3) is 0 Å². The molecule has 0 fully saturated rings. The molecule has 0 aliphatic heterocycles. The molecule has 0 radical (unpaired) electrons. The van der Waals surface area contributed by atoms with Crippen LogP contribution < -0.4 is 0 Å². The van der Waals surface area contributed by atoms with Crippen molar-refractivity contribution in [2.75, 3.05) is 0 Å². The summed E-state index contributed by atoms with van der Waals surface area (Å²) >= 11 is 0. The third-order valence-electron chi connectivity index (χ3n) is 6.69. The van der Waals surface area contributed by atoms with E-state index in [-0.39, 0.29) is 11.1 Å². The zero-order valence-electron chi connectivity index (χ0n) is 41.8. The molecule has 0 saturated carbocycles. The second-order valence-corrected chi connectivity index (χ2v) is 8.72. The first-order valence-corrected chi connectivity index (χ1v) is 11.6. The maximum atomic E-state index is 9.42. The van der Waals surface area contributed by atoms with E-state index in [1.807, 2.05) is 0 Å². The fraction of sp³-hybridized carbons (Fsp3) is 0.0526. The molecule has 39 heavy (non-hydrogen) atoms. The molecular weight excluding hydrogens is 472 g/mol. The normalized spacial score (nSPS) is 19.7. The zero-order valence-corrected chi connectivity index (χ0v) is 19.8. The summed E-state index contributed by atoms with van der Waals surface area (Å²) in [6, 6.07) is -15.8. The summed E-state index contributed by atoms with van der Waals surface area (Å²) in [5, 5.41) is -3.87. The van der Waals surface area contributed by atoms with Gasteiger partial charge in [-0.05, 0) is 86.2 Å². The SMILES string of the molecule is [2H]Cc1c([2H])c([2H])c([2H])c(-c2c3c([2H])c([2H])c([2H])c([2H])c3c(-c3c([2H])c([2H])c([2H])c4oc5c6c([2H])c([2H])c([2H])c([2H])c6c([2H])c([2H])c5c34)c3c([2H])c([2H])c([2H])c([2H])c23)c1C[2H]. The Labute approximate surface area is 257 Å². The molecule has 1 aromatic heterocycles. The summed E-state index contributed by atoms with van der Waals surface area (Å²) in [5.41, 5.74) is -3.44. The van der Waals surface area contributed by atoms with E-state index < -0.39 is 211 Å². The molecule has 0 aliphatic carbocycles. The highest BCUT2D eigenvalue weighted by molar-refractivity contribution is 6.27. The Morgan fingerprint density at radius 2 is 1.13 bits per heavy atom. The topological polar surface area (TPSA) is 13.1 Å². The van der Waals surface area contributed by atoms with Crippen molar-refractivity contribution in [1.82, 2.24) is 0 Å². The quantitative estimate of drug-likeness (QED) is 0.207. The highest BCUT2D eigenvalue weighted by Gasteiger charge is 2.21. The molecule has 0 spiro atoms. The van der Waals surface area contributed by atoms with Crippen molar-refractivity contribution in [2.24, 2.45) is 0 Å². The van der Waals surface area contributed by atoms with Crippen molar-refractivity contribution in [1.29, 1.82) is 0 Å². The van der Waals surface area contributed by atoms with Crippen LogP contribution in [0, 0.1) is 13.8 Å². The first-order chi connectivity index (χ1) is 28.6. The van der Waals surface area contributed by atoms with E-state index in [4.69, 9.17) is 26.3 Å². The lowest BCUT2D eigenvalue weighted by Crippen LogP contribution is -1.93. The van der Waals surface area contributed by atoms with Crippen molar-refractivity contribution in [3.8, 4) is 22.3 Å². The van der Waals surface area contributed by atoms with E-state index in [2.05, 4.69) is 0 Å². The molecule has 0 bridgehead atoms. The predicted octanol–water partition coefficient (Wildman–Crippen LogP) is 11.0. The van der Waals surface area contributed by atoms with E-state index >= 15 is 0 Å².